The van der Waals surface area contributed by atoms with Gasteiger partial charge in [0.25, 0.3) is 5.91 Å². The molecule has 0 saturated heterocycles. The minimum absolute atomic E-state index is 0.0803. The van der Waals surface area contributed by atoms with Gasteiger partial charge in [-0.3, -0.25) is 4.79 Å². The highest BCUT2D eigenvalue weighted by atomic mass is 32.2. The highest BCUT2D eigenvalue weighted by Crippen LogP contribution is 2.10. The molecule has 0 spiro atoms. The highest BCUT2D eigenvalue weighted by Gasteiger charge is 2.16. The van der Waals surface area contributed by atoms with Crippen LogP contribution in [-0.2, 0) is 10.0 Å². The second-order valence-electron chi connectivity index (χ2n) is 6.11. The molecule has 0 atom stereocenters. The van der Waals surface area contributed by atoms with Crippen molar-refractivity contribution in [3.8, 4) is 0 Å². The molecule has 1 amide bonds. The third kappa shape index (κ3) is 7.10. The number of rotatable bonds is 6. The van der Waals surface area contributed by atoms with Crippen LogP contribution in [0.5, 0.6) is 0 Å². The van der Waals surface area contributed by atoms with E-state index in [-0.39, 0.29) is 16.7 Å². The van der Waals surface area contributed by atoms with Crippen molar-refractivity contribution in [2.45, 2.75) is 20.8 Å². The van der Waals surface area contributed by atoms with Crippen molar-refractivity contribution in [2.75, 3.05) is 24.6 Å². The second-order valence-corrected chi connectivity index (χ2v) is 7.95. The molecule has 0 unspecified atom stereocenters. The molecular weight excluding hydrogens is 290 g/mol. The second kappa shape index (κ2) is 6.91. The van der Waals surface area contributed by atoms with Gasteiger partial charge >= 0.3 is 0 Å². The van der Waals surface area contributed by atoms with E-state index >= 15 is 0 Å². The SMILES string of the molecule is CC(C)(C)CNCCS(=O)(=O)NC(=O)c1ccc(N)cc1. The van der Waals surface area contributed by atoms with Gasteiger partial charge in [-0.1, -0.05) is 20.8 Å². The average Bonchev–Trinajstić information content (AvgIpc) is 2.34. The zero-order valence-electron chi connectivity index (χ0n) is 12.6. The first-order valence-corrected chi connectivity index (χ1v) is 8.35. The first kappa shape index (κ1) is 17.5. The van der Waals surface area contributed by atoms with E-state index in [9.17, 15) is 13.2 Å². The largest absolute Gasteiger partial charge is 0.399 e. The van der Waals surface area contributed by atoms with Crippen molar-refractivity contribution in [2.24, 2.45) is 5.41 Å². The molecule has 0 aliphatic carbocycles. The number of sulfonamides is 1. The first-order valence-electron chi connectivity index (χ1n) is 6.70. The molecule has 21 heavy (non-hydrogen) atoms. The topological polar surface area (TPSA) is 101 Å². The number of nitrogen functional groups attached to an aromatic ring is 1. The zero-order chi connectivity index (χ0) is 16.1. The number of carbonyl (C=O) groups excluding carboxylic acids is 1. The smallest absolute Gasteiger partial charge is 0.264 e. The molecule has 4 N–H and O–H groups in total. The molecule has 6 nitrogen and oxygen atoms in total. The quantitative estimate of drug-likeness (QED) is 0.536. The lowest BCUT2D eigenvalue weighted by atomic mass is 9.97. The van der Waals surface area contributed by atoms with E-state index in [1.807, 2.05) is 4.72 Å². The van der Waals surface area contributed by atoms with Gasteiger partial charge < -0.3 is 11.1 Å². The summed E-state index contributed by atoms with van der Waals surface area (Å²) in [6.45, 7) is 7.15. The summed E-state index contributed by atoms with van der Waals surface area (Å²) in [5.74, 6) is -0.796. The zero-order valence-corrected chi connectivity index (χ0v) is 13.5. The minimum atomic E-state index is -3.65. The van der Waals surface area contributed by atoms with Crippen LogP contribution in [0.3, 0.4) is 0 Å². The highest BCUT2D eigenvalue weighted by molar-refractivity contribution is 7.90. The van der Waals surface area contributed by atoms with Gasteiger partial charge in [0.05, 0.1) is 5.75 Å². The summed E-state index contributed by atoms with van der Waals surface area (Å²) in [5, 5.41) is 3.05. The van der Waals surface area contributed by atoms with Crippen molar-refractivity contribution < 1.29 is 13.2 Å². The van der Waals surface area contributed by atoms with Crippen LogP contribution in [0.1, 0.15) is 31.1 Å². The van der Waals surface area contributed by atoms with Crippen LogP contribution < -0.4 is 15.8 Å². The van der Waals surface area contributed by atoms with Crippen LogP contribution in [0, 0.1) is 5.41 Å². The van der Waals surface area contributed by atoms with Crippen LogP contribution in [0.4, 0.5) is 5.69 Å². The minimum Gasteiger partial charge on any atom is -0.399 e. The number of hydrogen-bond acceptors (Lipinski definition) is 5. The lowest BCUT2D eigenvalue weighted by Gasteiger charge is -2.18. The van der Waals surface area contributed by atoms with E-state index in [1.54, 1.807) is 12.1 Å². The van der Waals surface area contributed by atoms with E-state index in [1.165, 1.54) is 12.1 Å². The summed E-state index contributed by atoms with van der Waals surface area (Å²) >= 11 is 0. The summed E-state index contributed by atoms with van der Waals surface area (Å²) < 4.78 is 25.7. The van der Waals surface area contributed by atoms with Gasteiger partial charge in [-0.25, -0.2) is 13.1 Å². The third-order valence-electron chi connectivity index (χ3n) is 2.62. The monoisotopic (exact) mass is 313 g/mol. The summed E-state index contributed by atoms with van der Waals surface area (Å²) in [4.78, 5) is 11.8. The number of nitrogens with one attached hydrogen (secondary N) is 2. The van der Waals surface area contributed by atoms with Gasteiger partial charge in [-0.05, 0) is 29.7 Å². The van der Waals surface area contributed by atoms with Gasteiger partial charge in [0.1, 0.15) is 0 Å². The number of amides is 1. The average molecular weight is 313 g/mol. The Morgan fingerprint density at radius 1 is 1.19 bits per heavy atom. The maximum Gasteiger partial charge on any atom is 0.264 e. The molecule has 0 aliphatic heterocycles. The van der Waals surface area contributed by atoms with E-state index in [2.05, 4.69) is 26.1 Å². The third-order valence-corrected chi connectivity index (χ3v) is 3.86. The van der Waals surface area contributed by atoms with Gasteiger partial charge in [0, 0.05) is 24.3 Å². The molecule has 1 aromatic rings. The molecule has 0 fully saturated rings. The molecule has 1 aromatic carbocycles. The summed E-state index contributed by atoms with van der Waals surface area (Å²) in [5.41, 5.74) is 6.37. The number of nitrogens with two attached hydrogens (primary N) is 1. The molecule has 0 bridgehead atoms. The Hall–Kier alpha value is -1.60. The Labute approximate surface area is 126 Å². The van der Waals surface area contributed by atoms with Crippen molar-refractivity contribution in [3.63, 3.8) is 0 Å². The molecule has 0 heterocycles. The predicted octanol–water partition coefficient (Wildman–Crippen LogP) is 0.964. The first-order chi connectivity index (χ1) is 9.59. The summed E-state index contributed by atoms with van der Waals surface area (Å²) in [7, 11) is -3.65. The van der Waals surface area contributed by atoms with Gasteiger partial charge in [0.15, 0.2) is 0 Å². The van der Waals surface area contributed by atoms with Crippen molar-refractivity contribution in [1.29, 1.82) is 0 Å². The Balaban J connectivity index is 2.48. The fourth-order valence-corrected chi connectivity index (χ4v) is 2.47. The van der Waals surface area contributed by atoms with E-state index < -0.39 is 15.9 Å². The molecule has 0 radical (unpaired) electrons. The van der Waals surface area contributed by atoms with Crippen LogP contribution >= 0.6 is 0 Å². The normalized spacial score (nSPS) is 12.1. The Morgan fingerprint density at radius 3 is 2.29 bits per heavy atom. The summed E-state index contributed by atoms with van der Waals surface area (Å²) in [6, 6.07) is 6.06. The lowest BCUT2D eigenvalue weighted by Crippen LogP contribution is -2.37. The fourth-order valence-electron chi connectivity index (χ4n) is 1.56. The molecule has 0 saturated carbocycles. The van der Waals surface area contributed by atoms with Crippen molar-refractivity contribution in [3.05, 3.63) is 29.8 Å². The Bertz CT molecular complexity index is 574. The molecule has 0 aliphatic rings. The van der Waals surface area contributed by atoms with Crippen LogP contribution in [-0.4, -0.2) is 33.2 Å². The summed E-state index contributed by atoms with van der Waals surface area (Å²) in [6.07, 6.45) is 0. The van der Waals surface area contributed by atoms with E-state index in [4.69, 9.17) is 5.73 Å². The molecule has 118 valence electrons. The molecule has 0 aromatic heterocycles. The Kier molecular flexibility index (Phi) is 5.74. The molecular formula is C14H23N3O3S. The number of carbonyl (C=O) groups is 1. The Morgan fingerprint density at radius 2 is 1.76 bits per heavy atom. The van der Waals surface area contributed by atoms with Crippen molar-refractivity contribution in [1.82, 2.24) is 10.0 Å². The number of anilines is 1. The van der Waals surface area contributed by atoms with Crippen molar-refractivity contribution >= 4 is 21.6 Å². The molecule has 7 heteroatoms. The number of benzene rings is 1. The van der Waals surface area contributed by atoms with Crippen LogP contribution in [0.15, 0.2) is 24.3 Å². The van der Waals surface area contributed by atoms with E-state index in [0.29, 0.717) is 18.8 Å². The van der Waals surface area contributed by atoms with Gasteiger partial charge in [-0.15, -0.1) is 0 Å². The van der Waals surface area contributed by atoms with Crippen LogP contribution in [0.2, 0.25) is 0 Å². The predicted molar refractivity (Wildman–Crippen MR) is 84.4 cm³/mol. The van der Waals surface area contributed by atoms with Crippen LogP contribution in [0.25, 0.3) is 0 Å². The van der Waals surface area contributed by atoms with Gasteiger partial charge in [0.2, 0.25) is 10.0 Å². The standard InChI is InChI=1S/C14H23N3O3S/c1-14(2,3)10-16-8-9-21(19,20)17-13(18)11-4-6-12(15)7-5-11/h4-7,16H,8-10,15H2,1-3H3,(H,17,18). The number of hydrogen-bond donors (Lipinski definition) is 3. The fraction of sp³-hybridized carbons (Fsp3) is 0.500. The van der Waals surface area contributed by atoms with Gasteiger partial charge in [-0.2, -0.15) is 0 Å². The van der Waals surface area contributed by atoms with E-state index in [0.717, 1.165) is 0 Å². The maximum atomic E-state index is 11.8. The lowest BCUT2D eigenvalue weighted by molar-refractivity contribution is 0.0981. The maximum absolute atomic E-state index is 11.8. The molecule has 1 rings (SSSR count).